The molecule has 0 spiro atoms. The largest absolute Gasteiger partial charge is 0.335 e. The number of nitrogens with zero attached hydrogens (tertiary/aromatic N) is 2. The summed E-state index contributed by atoms with van der Waals surface area (Å²) >= 11 is 0. The summed E-state index contributed by atoms with van der Waals surface area (Å²) in [6, 6.07) is 0.579. The van der Waals surface area contributed by atoms with E-state index in [0.29, 0.717) is 12.0 Å². The van der Waals surface area contributed by atoms with Crippen LogP contribution in [-0.2, 0) is 6.54 Å². The second-order valence-corrected chi connectivity index (χ2v) is 6.14. The van der Waals surface area contributed by atoms with E-state index in [4.69, 9.17) is 0 Å². The molecule has 3 heteroatoms. The Bertz CT molecular complexity index is 370. The zero-order valence-corrected chi connectivity index (χ0v) is 12.7. The third kappa shape index (κ3) is 3.82. The zero-order chi connectivity index (χ0) is 13.7. The Hall–Kier alpha value is -0.830. The first-order valence-corrected chi connectivity index (χ1v) is 7.96. The van der Waals surface area contributed by atoms with E-state index in [1.165, 1.54) is 37.9 Å². The lowest BCUT2D eigenvalue weighted by Gasteiger charge is -2.26. The maximum atomic E-state index is 4.66. The van der Waals surface area contributed by atoms with Crippen LogP contribution in [0.2, 0.25) is 0 Å². The molecular formula is C16H29N3. The van der Waals surface area contributed by atoms with Crippen LogP contribution in [0.25, 0.3) is 0 Å². The van der Waals surface area contributed by atoms with Gasteiger partial charge in [-0.1, -0.05) is 33.1 Å². The van der Waals surface area contributed by atoms with E-state index in [9.17, 15) is 0 Å². The summed E-state index contributed by atoms with van der Waals surface area (Å²) in [4.78, 5) is 4.66. The van der Waals surface area contributed by atoms with Crippen LogP contribution in [0.15, 0.2) is 12.4 Å². The van der Waals surface area contributed by atoms with Gasteiger partial charge in [-0.15, -0.1) is 0 Å². The predicted molar refractivity (Wildman–Crippen MR) is 80.4 cm³/mol. The van der Waals surface area contributed by atoms with Gasteiger partial charge in [-0.3, -0.25) is 0 Å². The average Bonchev–Trinajstić information content (AvgIpc) is 2.74. The van der Waals surface area contributed by atoms with Gasteiger partial charge < -0.3 is 9.88 Å². The monoisotopic (exact) mass is 263 g/mol. The summed E-state index contributed by atoms with van der Waals surface area (Å²) in [6.45, 7) is 8.86. The summed E-state index contributed by atoms with van der Waals surface area (Å²) in [5, 5.41) is 3.64. The van der Waals surface area contributed by atoms with E-state index < -0.39 is 0 Å². The van der Waals surface area contributed by atoms with Gasteiger partial charge in [-0.05, 0) is 32.2 Å². The fourth-order valence-electron chi connectivity index (χ4n) is 3.27. The van der Waals surface area contributed by atoms with Gasteiger partial charge in [0, 0.05) is 30.9 Å². The number of nitrogens with one attached hydrogen (secondary N) is 1. The minimum Gasteiger partial charge on any atom is -0.335 e. The SMILES string of the molecule is CCn1ccnc1C1CCCCCC1CNC(C)C. The van der Waals surface area contributed by atoms with Crippen molar-refractivity contribution in [1.82, 2.24) is 14.9 Å². The van der Waals surface area contributed by atoms with Gasteiger partial charge in [0.1, 0.15) is 5.82 Å². The molecule has 1 N–H and O–H groups in total. The average molecular weight is 263 g/mol. The standard InChI is InChI=1S/C16H29N3/c1-4-19-11-10-17-16(19)15-9-7-5-6-8-14(15)12-18-13(2)3/h10-11,13-15,18H,4-9,12H2,1-3H3. The van der Waals surface area contributed by atoms with Gasteiger partial charge in [0.05, 0.1) is 0 Å². The highest BCUT2D eigenvalue weighted by atomic mass is 15.1. The van der Waals surface area contributed by atoms with E-state index in [1.807, 2.05) is 6.20 Å². The Morgan fingerprint density at radius 2 is 2.11 bits per heavy atom. The molecule has 0 bridgehead atoms. The van der Waals surface area contributed by atoms with Crippen LogP contribution in [0.3, 0.4) is 0 Å². The van der Waals surface area contributed by atoms with Crippen molar-refractivity contribution in [1.29, 1.82) is 0 Å². The number of imidazole rings is 1. The van der Waals surface area contributed by atoms with E-state index in [0.717, 1.165) is 19.0 Å². The Labute approximate surface area is 117 Å². The number of rotatable bonds is 5. The summed E-state index contributed by atoms with van der Waals surface area (Å²) in [6.07, 6.45) is 10.9. The fraction of sp³-hybridized carbons (Fsp3) is 0.812. The topological polar surface area (TPSA) is 29.9 Å². The molecule has 1 aliphatic carbocycles. The van der Waals surface area contributed by atoms with Gasteiger partial charge in [-0.25, -0.2) is 4.98 Å². The quantitative estimate of drug-likeness (QED) is 0.823. The van der Waals surface area contributed by atoms with Gasteiger partial charge in [-0.2, -0.15) is 0 Å². The van der Waals surface area contributed by atoms with Gasteiger partial charge >= 0.3 is 0 Å². The molecule has 2 atom stereocenters. The second-order valence-electron chi connectivity index (χ2n) is 6.14. The summed E-state index contributed by atoms with van der Waals surface area (Å²) < 4.78 is 2.33. The fourth-order valence-corrected chi connectivity index (χ4v) is 3.27. The Kier molecular flexibility index (Phi) is 5.44. The first kappa shape index (κ1) is 14.6. The maximum absolute atomic E-state index is 4.66. The molecule has 19 heavy (non-hydrogen) atoms. The minimum absolute atomic E-state index is 0.579. The molecule has 0 amide bonds. The van der Waals surface area contributed by atoms with Crippen LogP contribution in [0.1, 0.15) is 64.6 Å². The summed E-state index contributed by atoms with van der Waals surface area (Å²) in [7, 11) is 0. The first-order valence-electron chi connectivity index (χ1n) is 7.96. The lowest BCUT2D eigenvalue weighted by molar-refractivity contribution is 0.345. The molecule has 3 nitrogen and oxygen atoms in total. The molecule has 1 heterocycles. The number of aromatic nitrogens is 2. The van der Waals surface area contributed by atoms with Crippen molar-refractivity contribution in [2.45, 2.75) is 71.4 Å². The van der Waals surface area contributed by atoms with Crippen molar-refractivity contribution < 1.29 is 0 Å². The van der Waals surface area contributed by atoms with Crippen LogP contribution in [0.5, 0.6) is 0 Å². The highest BCUT2D eigenvalue weighted by molar-refractivity contribution is 5.04. The van der Waals surface area contributed by atoms with E-state index in [-0.39, 0.29) is 0 Å². The smallest absolute Gasteiger partial charge is 0.112 e. The van der Waals surface area contributed by atoms with Crippen LogP contribution < -0.4 is 5.32 Å². The van der Waals surface area contributed by atoms with Crippen molar-refractivity contribution in [3.63, 3.8) is 0 Å². The number of hydrogen-bond acceptors (Lipinski definition) is 2. The first-order chi connectivity index (χ1) is 9.22. The van der Waals surface area contributed by atoms with Crippen LogP contribution in [0, 0.1) is 5.92 Å². The predicted octanol–water partition coefficient (Wildman–Crippen LogP) is 3.56. The maximum Gasteiger partial charge on any atom is 0.112 e. The molecule has 1 aromatic rings. The third-order valence-electron chi connectivity index (χ3n) is 4.37. The minimum atomic E-state index is 0.579. The van der Waals surface area contributed by atoms with Crippen LogP contribution >= 0.6 is 0 Å². The molecule has 1 aliphatic rings. The molecule has 0 saturated heterocycles. The lowest BCUT2D eigenvalue weighted by atomic mass is 9.87. The Balaban J connectivity index is 2.12. The van der Waals surface area contributed by atoms with Crippen molar-refractivity contribution in [3.05, 3.63) is 18.2 Å². The van der Waals surface area contributed by atoms with Crippen molar-refractivity contribution in [2.75, 3.05) is 6.54 Å². The van der Waals surface area contributed by atoms with E-state index in [1.54, 1.807) is 0 Å². The highest BCUT2D eigenvalue weighted by Gasteiger charge is 2.28. The molecule has 1 aromatic heterocycles. The molecule has 0 aliphatic heterocycles. The van der Waals surface area contributed by atoms with Crippen molar-refractivity contribution in [2.24, 2.45) is 5.92 Å². The van der Waals surface area contributed by atoms with E-state index >= 15 is 0 Å². The number of aryl methyl sites for hydroxylation is 1. The summed E-state index contributed by atoms with van der Waals surface area (Å²) in [5.41, 5.74) is 0. The second kappa shape index (κ2) is 7.09. The van der Waals surface area contributed by atoms with Gasteiger partial charge in [0.2, 0.25) is 0 Å². The molecule has 1 fully saturated rings. The normalized spacial score (nSPS) is 24.6. The molecule has 2 unspecified atom stereocenters. The van der Waals surface area contributed by atoms with Crippen LogP contribution in [-0.4, -0.2) is 22.1 Å². The zero-order valence-electron chi connectivity index (χ0n) is 12.7. The third-order valence-corrected chi connectivity index (χ3v) is 4.37. The highest BCUT2D eigenvalue weighted by Crippen LogP contribution is 2.35. The van der Waals surface area contributed by atoms with Crippen molar-refractivity contribution in [3.8, 4) is 0 Å². The molecule has 0 aromatic carbocycles. The lowest BCUT2D eigenvalue weighted by Crippen LogP contribution is -2.32. The summed E-state index contributed by atoms with van der Waals surface area (Å²) in [5.74, 6) is 2.71. The van der Waals surface area contributed by atoms with Gasteiger partial charge in [0.15, 0.2) is 0 Å². The van der Waals surface area contributed by atoms with E-state index in [2.05, 4.69) is 41.8 Å². The molecule has 2 rings (SSSR count). The molecular weight excluding hydrogens is 234 g/mol. The Morgan fingerprint density at radius 1 is 1.32 bits per heavy atom. The molecule has 0 radical (unpaired) electrons. The molecule has 1 saturated carbocycles. The van der Waals surface area contributed by atoms with Gasteiger partial charge in [0.25, 0.3) is 0 Å². The molecule has 108 valence electrons. The number of hydrogen-bond donors (Lipinski definition) is 1. The van der Waals surface area contributed by atoms with Crippen LogP contribution in [0.4, 0.5) is 0 Å². The Morgan fingerprint density at radius 3 is 2.84 bits per heavy atom. The van der Waals surface area contributed by atoms with Crippen molar-refractivity contribution >= 4 is 0 Å².